The molecule has 22 heavy (non-hydrogen) atoms. The zero-order valence-electron chi connectivity index (χ0n) is 12.8. The monoisotopic (exact) mass is 309 g/mol. The number of hydrogen-bond donors (Lipinski definition) is 1. The molecule has 5 heteroatoms. The number of aryl methyl sites for hydroxylation is 1. The highest BCUT2D eigenvalue weighted by Crippen LogP contribution is 2.16. The topological polar surface area (TPSA) is 49.8 Å². The maximum absolute atomic E-state index is 13.1. The highest BCUT2D eigenvalue weighted by molar-refractivity contribution is 5.76. The number of aliphatic hydroxyl groups is 1. The van der Waals surface area contributed by atoms with E-state index in [1.165, 1.54) is 12.1 Å². The lowest BCUT2D eigenvalue weighted by Crippen LogP contribution is -2.41. The van der Waals surface area contributed by atoms with Crippen LogP contribution in [-0.4, -0.2) is 48.3 Å². The van der Waals surface area contributed by atoms with Crippen LogP contribution in [0.5, 0.6) is 0 Å². The number of halogens is 1. The number of ether oxygens (including phenoxy) is 1. The van der Waals surface area contributed by atoms with E-state index in [-0.39, 0.29) is 24.4 Å². The number of rotatable bonds is 7. The maximum atomic E-state index is 13.1. The second-order valence-corrected chi connectivity index (χ2v) is 5.66. The molecule has 122 valence electrons. The molecule has 1 aromatic carbocycles. The molecule has 0 saturated carbocycles. The van der Waals surface area contributed by atoms with Crippen molar-refractivity contribution in [2.24, 2.45) is 0 Å². The van der Waals surface area contributed by atoms with Crippen molar-refractivity contribution < 1.29 is 19.0 Å². The fraction of sp³-hybridized carbons (Fsp3) is 0.588. The molecule has 0 aliphatic carbocycles. The van der Waals surface area contributed by atoms with Crippen molar-refractivity contribution in [3.8, 4) is 0 Å². The summed E-state index contributed by atoms with van der Waals surface area (Å²) in [5.74, 6) is -0.135. The minimum Gasteiger partial charge on any atom is -0.396 e. The molecule has 2 rings (SSSR count). The molecule has 0 spiro atoms. The summed E-state index contributed by atoms with van der Waals surface area (Å²) >= 11 is 0. The predicted octanol–water partition coefficient (Wildman–Crippen LogP) is 2.15. The third-order valence-corrected chi connectivity index (χ3v) is 3.97. The van der Waals surface area contributed by atoms with Crippen molar-refractivity contribution in [3.05, 3.63) is 35.6 Å². The summed E-state index contributed by atoms with van der Waals surface area (Å²) in [6, 6.07) is 6.41. The SMILES string of the molecule is O=C(CCc1cccc(F)c1)N1CCC(OCCCO)CC1. The Balaban J connectivity index is 1.69. The van der Waals surface area contributed by atoms with Gasteiger partial charge in [-0.25, -0.2) is 4.39 Å². The first-order valence-corrected chi connectivity index (χ1v) is 7.93. The van der Waals surface area contributed by atoms with Gasteiger partial charge >= 0.3 is 0 Å². The van der Waals surface area contributed by atoms with E-state index in [4.69, 9.17) is 9.84 Å². The number of piperidine rings is 1. The molecule has 0 bridgehead atoms. The van der Waals surface area contributed by atoms with Crippen LogP contribution >= 0.6 is 0 Å². The van der Waals surface area contributed by atoms with Gasteiger partial charge < -0.3 is 14.7 Å². The lowest BCUT2D eigenvalue weighted by atomic mass is 10.1. The van der Waals surface area contributed by atoms with Gasteiger partial charge in [0, 0.05) is 32.7 Å². The average molecular weight is 309 g/mol. The fourth-order valence-electron chi connectivity index (χ4n) is 2.69. The number of nitrogens with zero attached hydrogens (tertiary/aromatic N) is 1. The van der Waals surface area contributed by atoms with Gasteiger partial charge in [0.05, 0.1) is 6.10 Å². The molecule has 1 amide bonds. The summed E-state index contributed by atoms with van der Waals surface area (Å²) in [5, 5.41) is 8.72. The zero-order valence-corrected chi connectivity index (χ0v) is 12.8. The Hall–Kier alpha value is -1.46. The number of benzene rings is 1. The van der Waals surface area contributed by atoms with Crippen LogP contribution in [0.1, 0.15) is 31.2 Å². The van der Waals surface area contributed by atoms with Crippen LogP contribution in [0.15, 0.2) is 24.3 Å². The Morgan fingerprint density at radius 2 is 2.14 bits per heavy atom. The largest absolute Gasteiger partial charge is 0.396 e. The zero-order chi connectivity index (χ0) is 15.8. The highest BCUT2D eigenvalue weighted by Gasteiger charge is 2.22. The summed E-state index contributed by atoms with van der Waals surface area (Å²) in [4.78, 5) is 14.0. The molecule has 1 heterocycles. The van der Waals surface area contributed by atoms with Crippen LogP contribution in [-0.2, 0) is 16.0 Å². The molecule has 0 atom stereocenters. The molecule has 1 fully saturated rings. The number of carbonyl (C=O) groups is 1. The summed E-state index contributed by atoms with van der Waals surface area (Å²) in [6.07, 6.45) is 3.53. The van der Waals surface area contributed by atoms with E-state index >= 15 is 0 Å². The third kappa shape index (κ3) is 5.39. The second kappa shape index (κ2) is 8.86. The molecule has 1 saturated heterocycles. The number of likely N-dealkylation sites (tertiary alicyclic amines) is 1. The first kappa shape index (κ1) is 16.9. The molecule has 0 aromatic heterocycles. The Kier molecular flexibility index (Phi) is 6.80. The molecular weight excluding hydrogens is 285 g/mol. The summed E-state index contributed by atoms with van der Waals surface area (Å²) < 4.78 is 18.7. The molecule has 0 radical (unpaired) electrons. The standard InChI is InChI=1S/C17H24FNO3/c18-15-4-1-3-14(13-15)5-6-17(21)19-9-7-16(8-10-19)22-12-2-11-20/h1,3-4,13,16,20H,2,5-12H2. The number of aliphatic hydroxyl groups excluding tert-OH is 1. The molecule has 4 nitrogen and oxygen atoms in total. The van der Waals surface area contributed by atoms with E-state index in [9.17, 15) is 9.18 Å². The van der Waals surface area contributed by atoms with Crippen LogP contribution in [0, 0.1) is 5.82 Å². The maximum Gasteiger partial charge on any atom is 0.222 e. The molecule has 1 aliphatic rings. The van der Waals surface area contributed by atoms with Gasteiger partial charge in [-0.05, 0) is 43.4 Å². The van der Waals surface area contributed by atoms with Crippen molar-refractivity contribution >= 4 is 5.91 Å². The van der Waals surface area contributed by atoms with Crippen LogP contribution in [0.4, 0.5) is 4.39 Å². The van der Waals surface area contributed by atoms with Crippen molar-refractivity contribution in [1.82, 2.24) is 4.90 Å². The molecule has 1 aliphatic heterocycles. The van der Waals surface area contributed by atoms with E-state index in [1.54, 1.807) is 6.07 Å². The molecular formula is C17H24FNO3. The minimum absolute atomic E-state index is 0.123. The minimum atomic E-state index is -0.259. The van der Waals surface area contributed by atoms with E-state index < -0.39 is 0 Å². The second-order valence-electron chi connectivity index (χ2n) is 5.66. The van der Waals surface area contributed by atoms with Gasteiger partial charge in [0.1, 0.15) is 5.82 Å². The molecule has 1 N–H and O–H groups in total. The van der Waals surface area contributed by atoms with Crippen molar-refractivity contribution in [3.63, 3.8) is 0 Å². The van der Waals surface area contributed by atoms with Gasteiger partial charge in [0.2, 0.25) is 5.91 Å². The Morgan fingerprint density at radius 3 is 2.82 bits per heavy atom. The lowest BCUT2D eigenvalue weighted by molar-refractivity contribution is -0.133. The van der Waals surface area contributed by atoms with Gasteiger partial charge in [-0.2, -0.15) is 0 Å². The van der Waals surface area contributed by atoms with E-state index in [1.807, 2.05) is 11.0 Å². The van der Waals surface area contributed by atoms with E-state index in [2.05, 4.69) is 0 Å². The van der Waals surface area contributed by atoms with Crippen molar-refractivity contribution in [1.29, 1.82) is 0 Å². The van der Waals surface area contributed by atoms with E-state index in [0.717, 1.165) is 18.4 Å². The van der Waals surface area contributed by atoms with Crippen LogP contribution in [0.25, 0.3) is 0 Å². The van der Waals surface area contributed by atoms with E-state index in [0.29, 0.717) is 39.0 Å². The Morgan fingerprint density at radius 1 is 1.36 bits per heavy atom. The Labute approximate surface area is 130 Å². The summed E-state index contributed by atoms with van der Waals surface area (Å²) in [6.45, 7) is 2.16. The first-order valence-electron chi connectivity index (χ1n) is 7.93. The summed E-state index contributed by atoms with van der Waals surface area (Å²) in [5.41, 5.74) is 0.857. The van der Waals surface area contributed by atoms with Gasteiger partial charge in [-0.15, -0.1) is 0 Å². The lowest BCUT2D eigenvalue weighted by Gasteiger charge is -2.32. The van der Waals surface area contributed by atoms with Gasteiger partial charge in [-0.3, -0.25) is 4.79 Å². The fourth-order valence-corrected chi connectivity index (χ4v) is 2.69. The number of amides is 1. The van der Waals surface area contributed by atoms with Crippen LogP contribution in [0.2, 0.25) is 0 Å². The number of carbonyl (C=O) groups excluding carboxylic acids is 1. The normalized spacial score (nSPS) is 16.0. The smallest absolute Gasteiger partial charge is 0.222 e. The van der Waals surface area contributed by atoms with Gasteiger partial charge in [0.15, 0.2) is 0 Å². The average Bonchev–Trinajstić information content (AvgIpc) is 2.54. The van der Waals surface area contributed by atoms with Gasteiger partial charge in [-0.1, -0.05) is 12.1 Å². The quantitative estimate of drug-likeness (QED) is 0.785. The predicted molar refractivity (Wildman–Crippen MR) is 82.0 cm³/mol. The van der Waals surface area contributed by atoms with Gasteiger partial charge in [0.25, 0.3) is 0 Å². The van der Waals surface area contributed by atoms with Crippen molar-refractivity contribution in [2.75, 3.05) is 26.3 Å². The summed E-state index contributed by atoms with van der Waals surface area (Å²) in [7, 11) is 0. The molecule has 1 aromatic rings. The molecule has 0 unspecified atom stereocenters. The highest BCUT2D eigenvalue weighted by atomic mass is 19.1. The van der Waals surface area contributed by atoms with Crippen LogP contribution in [0.3, 0.4) is 0 Å². The van der Waals surface area contributed by atoms with Crippen molar-refractivity contribution in [2.45, 2.75) is 38.2 Å². The first-order chi connectivity index (χ1) is 10.7. The van der Waals surface area contributed by atoms with Crippen LogP contribution < -0.4 is 0 Å². The Bertz CT molecular complexity index is 473. The third-order valence-electron chi connectivity index (χ3n) is 3.97. The number of hydrogen-bond acceptors (Lipinski definition) is 3.